The molecule has 2 aromatic carbocycles. The molecule has 0 heterocycles. The summed E-state index contributed by atoms with van der Waals surface area (Å²) in [6.07, 6.45) is 2.39. The van der Waals surface area contributed by atoms with Crippen LogP contribution in [0.5, 0.6) is 0 Å². The smallest absolute Gasteiger partial charge is 0.131 e. The molecule has 0 saturated carbocycles. The molecule has 1 nitrogen and oxygen atoms in total. The van der Waals surface area contributed by atoms with Crippen LogP contribution >= 0.6 is 0 Å². The van der Waals surface area contributed by atoms with Crippen molar-refractivity contribution in [2.24, 2.45) is 0 Å². The van der Waals surface area contributed by atoms with Gasteiger partial charge in [-0.15, -0.1) is 0 Å². The van der Waals surface area contributed by atoms with Crippen LogP contribution in [0.2, 0.25) is 0 Å². The third-order valence-electron chi connectivity index (χ3n) is 2.79. The van der Waals surface area contributed by atoms with E-state index in [1.54, 1.807) is 12.1 Å². The fraction of sp³-hybridized carbons (Fsp3) is 0.143. The minimum atomic E-state index is -0.234. The Morgan fingerprint density at radius 3 is 2.75 bits per heavy atom. The van der Waals surface area contributed by atoms with Crippen LogP contribution in [0.1, 0.15) is 18.1 Å². The number of halogens is 1. The number of nitrogen functional groups attached to an aromatic ring is 1. The van der Waals surface area contributed by atoms with E-state index >= 15 is 0 Å². The van der Waals surface area contributed by atoms with Crippen LogP contribution in [0, 0.1) is 5.82 Å². The van der Waals surface area contributed by atoms with Crippen LogP contribution in [0.3, 0.4) is 0 Å². The van der Waals surface area contributed by atoms with Gasteiger partial charge < -0.3 is 5.73 Å². The molecule has 2 heteroatoms. The van der Waals surface area contributed by atoms with E-state index in [2.05, 4.69) is 6.58 Å². The zero-order valence-corrected chi connectivity index (χ0v) is 9.26. The van der Waals surface area contributed by atoms with Crippen LogP contribution in [-0.2, 0) is 6.42 Å². The first-order chi connectivity index (χ1) is 7.67. The van der Waals surface area contributed by atoms with Crippen LogP contribution in [0.25, 0.3) is 16.8 Å². The van der Waals surface area contributed by atoms with E-state index in [-0.39, 0.29) is 5.82 Å². The zero-order valence-electron chi connectivity index (χ0n) is 9.26. The Bertz CT molecular complexity index is 558. The number of anilines is 1. The van der Waals surface area contributed by atoms with Gasteiger partial charge >= 0.3 is 0 Å². The van der Waals surface area contributed by atoms with Crippen molar-refractivity contribution >= 4 is 22.5 Å². The molecule has 2 rings (SSSR count). The lowest BCUT2D eigenvalue weighted by Gasteiger charge is -2.10. The molecule has 2 aromatic rings. The second-order valence-corrected chi connectivity index (χ2v) is 3.80. The summed E-state index contributed by atoms with van der Waals surface area (Å²) in [5.41, 5.74) is 8.15. The standard InChI is InChI=1S/C14H14FN/c1-3-9-7-11(16)8-10-5-6-13(15)12(4-2)14(9)10/h4-8H,2-3,16H2,1H3. The molecule has 0 aliphatic rings. The van der Waals surface area contributed by atoms with E-state index in [0.717, 1.165) is 22.8 Å². The van der Waals surface area contributed by atoms with Crippen LogP contribution in [0.4, 0.5) is 10.1 Å². The van der Waals surface area contributed by atoms with E-state index in [1.807, 2.05) is 19.1 Å². The lowest BCUT2D eigenvalue weighted by Crippen LogP contribution is -1.94. The van der Waals surface area contributed by atoms with Gasteiger partial charge in [0.05, 0.1) is 0 Å². The summed E-state index contributed by atoms with van der Waals surface area (Å²) in [7, 11) is 0. The second-order valence-electron chi connectivity index (χ2n) is 3.80. The van der Waals surface area contributed by atoms with Gasteiger partial charge in [-0.2, -0.15) is 0 Å². The molecule has 16 heavy (non-hydrogen) atoms. The average molecular weight is 215 g/mol. The molecule has 0 aliphatic heterocycles. The number of hydrogen-bond acceptors (Lipinski definition) is 1. The second kappa shape index (κ2) is 3.97. The van der Waals surface area contributed by atoms with E-state index in [4.69, 9.17) is 5.73 Å². The normalized spacial score (nSPS) is 10.6. The summed E-state index contributed by atoms with van der Waals surface area (Å²) in [6.45, 7) is 5.70. The highest BCUT2D eigenvalue weighted by atomic mass is 19.1. The fourth-order valence-electron chi connectivity index (χ4n) is 2.06. The van der Waals surface area contributed by atoms with Crippen LogP contribution in [0.15, 0.2) is 30.8 Å². The number of nitrogens with two attached hydrogens (primary N) is 1. The monoisotopic (exact) mass is 215 g/mol. The minimum absolute atomic E-state index is 0.234. The SMILES string of the molecule is C=Cc1c(F)ccc2cc(N)cc(CC)c12. The molecular formula is C14H14FN. The number of hydrogen-bond donors (Lipinski definition) is 1. The molecule has 0 atom stereocenters. The molecule has 0 fully saturated rings. The van der Waals surface area contributed by atoms with Gasteiger partial charge in [0.25, 0.3) is 0 Å². The Balaban J connectivity index is 2.95. The molecule has 0 aromatic heterocycles. The Kier molecular flexibility index (Phi) is 2.65. The summed E-state index contributed by atoms with van der Waals surface area (Å²) >= 11 is 0. The molecule has 0 amide bonds. The van der Waals surface area contributed by atoms with Gasteiger partial charge in [-0.1, -0.05) is 25.6 Å². The summed E-state index contributed by atoms with van der Waals surface area (Å²) in [5.74, 6) is -0.234. The maximum Gasteiger partial charge on any atom is 0.131 e. The van der Waals surface area contributed by atoms with Gasteiger partial charge in [-0.3, -0.25) is 0 Å². The third-order valence-corrected chi connectivity index (χ3v) is 2.79. The Morgan fingerprint density at radius 1 is 1.38 bits per heavy atom. The predicted octanol–water partition coefficient (Wildman–Crippen LogP) is 3.77. The molecule has 0 spiro atoms. The van der Waals surface area contributed by atoms with Crippen LogP contribution in [-0.4, -0.2) is 0 Å². The van der Waals surface area contributed by atoms with Crippen molar-refractivity contribution in [3.8, 4) is 0 Å². The topological polar surface area (TPSA) is 26.0 Å². The van der Waals surface area contributed by atoms with Gasteiger partial charge in [-0.25, -0.2) is 4.39 Å². The number of fused-ring (bicyclic) bond motifs is 1. The van der Waals surface area contributed by atoms with E-state index < -0.39 is 0 Å². The van der Waals surface area contributed by atoms with Crippen molar-refractivity contribution in [3.63, 3.8) is 0 Å². The van der Waals surface area contributed by atoms with Gasteiger partial charge in [0.2, 0.25) is 0 Å². The van der Waals surface area contributed by atoms with Crippen molar-refractivity contribution in [2.45, 2.75) is 13.3 Å². The Morgan fingerprint density at radius 2 is 2.12 bits per heavy atom. The summed E-state index contributed by atoms with van der Waals surface area (Å²) in [4.78, 5) is 0. The van der Waals surface area contributed by atoms with Gasteiger partial charge in [0.15, 0.2) is 0 Å². The Labute approximate surface area is 94.4 Å². The van der Waals surface area contributed by atoms with Crippen molar-refractivity contribution in [1.29, 1.82) is 0 Å². The van der Waals surface area contributed by atoms with Crippen molar-refractivity contribution in [3.05, 3.63) is 47.8 Å². The first kappa shape index (κ1) is 10.7. The van der Waals surface area contributed by atoms with Gasteiger partial charge in [-0.05, 0) is 41.0 Å². The molecule has 2 N–H and O–H groups in total. The molecule has 0 bridgehead atoms. The highest BCUT2D eigenvalue weighted by Gasteiger charge is 2.08. The third kappa shape index (κ3) is 1.56. The molecule has 0 saturated heterocycles. The van der Waals surface area contributed by atoms with Crippen molar-refractivity contribution in [2.75, 3.05) is 5.73 Å². The summed E-state index contributed by atoms with van der Waals surface area (Å²) in [5, 5.41) is 1.89. The molecule has 0 aliphatic carbocycles. The summed E-state index contributed by atoms with van der Waals surface area (Å²) in [6, 6.07) is 6.97. The number of benzene rings is 2. The average Bonchev–Trinajstić information content (AvgIpc) is 2.28. The first-order valence-corrected chi connectivity index (χ1v) is 5.30. The fourth-order valence-corrected chi connectivity index (χ4v) is 2.06. The summed E-state index contributed by atoms with van der Waals surface area (Å²) < 4.78 is 13.6. The van der Waals surface area contributed by atoms with E-state index in [9.17, 15) is 4.39 Å². The lowest BCUT2D eigenvalue weighted by atomic mass is 9.96. The highest BCUT2D eigenvalue weighted by molar-refractivity contribution is 5.95. The van der Waals surface area contributed by atoms with Gasteiger partial charge in [0, 0.05) is 11.3 Å². The number of aryl methyl sites for hydroxylation is 1. The maximum atomic E-state index is 13.6. The van der Waals surface area contributed by atoms with Crippen molar-refractivity contribution in [1.82, 2.24) is 0 Å². The highest BCUT2D eigenvalue weighted by Crippen LogP contribution is 2.29. The molecule has 82 valence electrons. The van der Waals surface area contributed by atoms with Crippen LogP contribution < -0.4 is 5.73 Å². The van der Waals surface area contributed by atoms with E-state index in [1.165, 1.54) is 6.07 Å². The first-order valence-electron chi connectivity index (χ1n) is 5.30. The Hall–Kier alpha value is -1.83. The number of rotatable bonds is 2. The largest absolute Gasteiger partial charge is 0.399 e. The lowest BCUT2D eigenvalue weighted by molar-refractivity contribution is 0.627. The molecule has 0 radical (unpaired) electrons. The molecule has 0 unspecified atom stereocenters. The van der Waals surface area contributed by atoms with Crippen molar-refractivity contribution < 1.29 is 4.39 Å². The van der Waals surface area contributed by atoms with E-state index in [0.29, 0.717) is 11.3 Å². The quantitative estimate of drug-likeness (QED) is 0.758. The zero-order chi connectivity index (χ0) is 11.7. The minimum Gasteiger partial charge on any atom is -0.399 e. The van der Waals surface area contributed by atoms with Gasteiger partial charge in [0.1, 0.15) is 5.82 Å². The molecular weight excluding hydrogens is 201 g/mol. The predicted molar refractivity (Wildman–Crippen MR) is 67.8 cm³/mol. The maximum absolute atomic E-state index is 13.6.